The molecule has 7 heteroatoms. The van der Waals surface area contributed by atoms with E-state index in [2.05, 4.69) is 15.8 Å². The molecule has 2 rings (SSSR count). The fraction of sp³-hybridized carbons (Fsp3) is 0.118. The van der Waals surface area contributed by atoms with E-state index < -0.39 is 11.8 Å². The van der Waals surface area contributed by atoms with Crippen LogP contribution in [-0.2, 0) is 4.79 Å². The number of nitrogens with one attached hydrogen (secondary N) is 2. The summed E-state index contributed by atoms with van der Waals surface area (Å²) < 4.78 is 5.05. The number of hydrazone groups is 1. The summed E-state index contributed by atoms with van der Waals surface area (Å²) in [6.45, 7) is -0.204. The Morgan fingerprint density at radius 2 is 1.88 bits per heavy atom. The molecule has 0 fully saturated rings. The highest BCUT2D eigenvalue weighted by Crippen LogP contribution is 2.14. The number of amides is 2. The van der Waals surface area contributed by atoms with Crippen molar-refractivity contribution >= 4 is 29.6 Å². The van der Waals surface area contributed by atoms with Gasteiger partial charge >= 0.3 is 0 Å². The number of hydrogen-bond donors (Lipinski definition) is 2. The lowest BCUT2D eigenvalue weighted by Crippen LogP contribution is -2.35. The summed E-state index contributed by atoms with van der Waals surface area (Å²) in [4.78, 5) is 23.6. The second kappa shape index (κ2) is 8.69. The Morgan fingerprint density at radius 3 is 2.54 bits per heavy atom. The minimum absolute atomic E-state index is 0.204. The quantitative estimate of drug-likeness (QED) is 0.622. The average Bonchev–Trinajstić information content (AvgIpc) is 2.60. The third kappa shape index (κ3) is 5.10. The number of benzene rings is 2. The zero-order valence-electron chi connectivity index (χ0n) is 13.0. The smallest absolute Gasteiger partial charge is 0.259 e. The predicted molar refractivity (Wildman–Crippen MR) is 92.5 cm³/mol. The van der Waals surface area contributed by atoms with Gasteiger partial charge in [0, 0.05) is 0 Å². The number of nitrogens with zero attached hydrogens (tertiary/aromatic N) is 1. The van der Waals surface area contributed by atoms with Crippen LogP contribution in [0.25, 0.3) is 0 Å². The zero-order valence-corrected chi connectivity index (χ0v) is 13.7. The highest BCUT2D eigenvalue weighted by atomic mass is 35.5. The van der Waals surface area contributed by atoms with Crippen molar-refractivity contribution in [1.29, 1.82) is 0 Å². The maximum atomic E-state index is 11.9. The van der Waals surface area contributed by atoms with Gasteiger partial charge in [-0.3, -0.25) is 9.59 Å². The Balaban J connectivity index is 1.79. The third-order valence-corrected chi connectivity index (χ3v) is 3.38. The zero-order chi connectivity index (χ0) is 17.4. The molecule has 0 heterocycles. The number of carbonyl (C=O) groups excluding carboxylic acids is 2. The van der Waals surface area contributed by atoms with E-state index in [0.717, 1.165) is 11.3 Å². The summed E-state index contributed by atoms with van der Waals surface area (Å²) in [5.74, 6) is -0.131. The monoisotopic (exact) mass is 345 g/mol. The molecule has 0 atom stereocenters. The van der Waals surface area contributed by atoms with Gasteiger partial charge in [-0.2, -0.15) is 5.10 Å². The molecule has 0 aromatic heterocycles. The van der Waals surface area contributed by atoms with E-state index >= 15 is 0 Å². The van der Waals surface area contributed by atoms with Crippen molar-refractivity contribution in [3.8, 4) is 5.75 Å². The summed E-state index contributed by atoms with van der Waals surface area (Å²) >= 11 is 5.91. The van der Waals surface area contributed by atoms with Gasteiger partial charge in [-0.1, -0.05) is 23.7 Å². The average molecular weight is 346 g/mol. The molecule has 2 N–H and O–H groups in total. The van der Waals surface area contributed by atoms with Crippen LogP contribution < -0.4 is 15.5 Å². The van der Waals surface area contributed by atoms with Gasteiger partial charge in [0.1, 0.15) is 5.75 Å². The maximum Gasteiger partial charge on any atom is 0.259 e. The molecule has 0 bridgehead atoms. The van der Waals surface area contributed by atoms with Gasteiger partial charge in [-0.25, -0.2) is 5.43 Å². The molecule has 24 heavy (non-hydrogen) atoms. The Kier molecular flexibility index (Phi) is 6.33. The van der Waals surface area contributed by atoms with Gasteiger partial charge in [-0.15, -0.1) is 0 Å². The Labute approximate surface area is 144 Å². The number of rotatable bonds is 6. The largest absolute Gasteiger partial charge is 0.497 e. The minimum atomic E-state index is -0.444. The Morgan fingerprint density at radius 1 is 1.17 bits per heavy atom. The lowest BCUT2D eigenvalue weighted by atomic mass is 10.2. The van der Waals surface area contributed by atoms with Gasteiger partial charge in [0.2, 0.25) is 0 Å². The predicted octanol–water partition coefficient (Wildman–Crippen LogP) is 2.23. The standard InChI is InChI=1S/C17H16ClN3O3/c1-24-13-8-6-12(7-9-13)10-20-21-16(22)11-19-17(23)14-4-2-3-5-15(14)18/h2-10H,11H2,1H3,(H,19,23)(H,21,22). The number of halogens is 1. The number of ether oxygens (including phenoxy) is 1. The first kappa shape index (κ1) is 17.5. The molecule has 2 amide bonds. The second-order valence-corrected chi connectivity index (χ2v) is 5.14. The van der Waals surface area contributed by atoms with Crippen LogP contribution in [0.15, 0.2) is 53.6 Å². The fourth-order valence-electron chi connectivity index (χ4n) is 1.81. The minimum Gasteiger partial charge on any atom is -0.497 e. The second-order valence-electron chi connectivity index (χ2n) is 4.73. The Hall–Kier alpha value is -2.86. The lowest BCUT2D eigenvalue weighted by Gasteiger charge is -2.05. The van der Waals surface area contributed by atoms with Crippen LogP contribution in [0.4, 0.5) is 0 Å². The van der Waals surface area contributed by atoms with E-state index in [1.807, 2.05) is 0 Å². The molecule has 0 spiro atoms. The topological polar surface area (TPSA) is 79.8 Å². The molecular formula is C17H16ClN3O3. The number of carbonyl (C=O) groups is 2. The first-order chi connectivity index (χ1) is 11.6. The highest BCUT2D eigenvalue weighted by molar-refractivity contribution is 6.33. The van der Waals surface area contributed by atoms with Crippen molar-refractivity contribution in [1.82, 2.24) is 10.7 Å². The van der Waals surface area contributed by atoms with E-state index in [1.165, 1.54) is 6.21 Å². The molecule has 0 saturated heterocycles. The summed E-state index contributed by atoms with van der Waals surface area (Å²) in [6.07, 6.45) is 1.49. The fourth-order valence-corrected chi connectivity index (χ4v) is 2.03. The molecule has 6 nitrogen and oxygen atoms in total. The van der Waals surface area contributed by atoms with Gasteiger partial charge in [-0.05, 0) is 42.0 Å². The van der Waals surface area contributed by atoms with Crippen LogP contribution >= 0.6 is 11.6 Å². The molecule has 0 saturated carbocycles. The summed E-state index contributed by atoms with van der Waals surface area (Å²) in [6, 6.07) is 13.8. The number of hydrogen-bond acceptors (Lipinski definition) is 4. The van der Waals surface area contributed by atoms with E-state index in [-0.39, 0.29) is 6.54 Å². The molecule has 0 aliphatic rings. The molecule has 0 aliphatic carbocycles. The summed E-state index contributed by atoms with van der Waals surface area (Å²) in [5, 5.41) is 6.63. The van der Waals surface area contributed by atoms with E-state index in [1.54, 1.807) is 55.6 Å². The molecule has 2 aromatic carbocycles. The maximum absolute atomic E-state index is 11.9. The first-order valence-electron chi connectivity index (χ1n) is 7.09. The molecule has 0 aliphatic heterocycles. The van der Waals surface area contributed by atoms with Crippen LogP contribution in [-0.4, -0.2) is 31.7 Å². The van der Waals surface area contributed by atoms with E-state index in [0.29, 0.717) is 10.6 Å². The Bertz CT molecular complexity index is 745. The van der Waals surface area contributed by atoms with Gasteiger partial charge in [0.05, 0.1) is 30.5 Å². The van der Waals surface area contributed by atoms with Crippen molar-refractivity contribution in [2.45, 2.75) is 0 Å². The van der Waals surface area contributed by atoms with Crippen molar-refractivity contribution in [3.05, 3.63) is 64.7 Å². The number of methoxy groups -OCH3 is 1. The van der Waals surface area contributed by atoms with Crippen molar-refractivity contribution < 1.29 is 14.3 Å². The molecule has 2 aromatic rings. The third-order valence-electron chi connectivity index (χ3n) is 3.05. The van der Waals surface area contributed by atoms with Crippen LogP contribution in [0, 0.1) is 0 Å². The first-order valence-corrected chi connectivity index (χ1v) is 7.46. The molecule has 0 unspecified atom stereocenters. The summed E-state index contributed by atoms with van der Waals surface area (Å²) in [7, 11) is 1.58. The van der Waals surface area contributed by atoms with Crippen LogP contribution in [0.1, 0.15) is 15.9 Å². The van der Waals surface area contributed by atoms with Crippen molar-refractivity contribution in [2.24, 2.45) is 5.10 Å². The van der Waals surface area contributed by atoms with Crippen molar-refractivity contribution in [2.75, 3.05) is 13.7 Å². The highest BCUT2D eigenvalue weighted by Gasteiger charge is 2.10. The molecule has 124 valence electrons. The summed E-state index contributed by atoms with van der Waals surface area (Å²) in [5.41, 5.74) is 3.45. The van der Waals surface area contributed by atoms with Crippen LogP contribution in [0.3, 0.4) is 0 Å². The van der Waals surface area contributed by atoms with Gasteiger partial charge in [0.15, 0.2) is 0 Å². The molecular weight excluding hydrogens is 330 g/mol. The van der Waals surface area contributed by atoms with E-state index in [4.69, 9.17) is 16.3 Å². The lowest BCUT2D eigenvalue weighted by molar-refractivity contribution is -0.120. The van der Waals surface area contributed by atoms with Crippen LogP contribution in [0.2, 0.25) is 5.02 Å². The van der Waals surface area contributed by atoms with E-state index in [9.17, 15) is 9.59 Å². The normalized spacial score (nSPS) is 10.4. The van der Waals surface area contributed by atoms with Crippen LogP contribution in [0.5, 0.6) is 5.75 Å². The SMILES string of the molecule is COc1ccc(C=NNC(=O)CNC(=O)c2ccccc2Cl)cc1. The van der Waals surface area contributed by atoms with Crippen molar-refractivity contribution in [3.63, 3.8) is 0 Å². The van der Waals surface area contributed by atoms with Gasteiger partial charge in [0.25, 0.3) is 11.8 Å². The van der Waals surface area contributed by atoms with Gasteiger partial charge < -0.3 is 10.1 Å². The molecule has 0 radical (unpaired) electrons.